The molecule has 13 heteroatoms. The first kappa shape index (κ1) is 28.0. The molecule has 0 aliphatic carbocycles. The second-order valence-electron chi connectivity index (χ2n) is 7.13. The highest BCUT2D eigenvalue weighted by molar-refractivity contribution is 7.80. The van der Waals surface area contributed by atoms with E-state index in [1.807, 2.05) is 13.8 Å². The molecule has 4 atom stereocenters. The van der Waals surface area contributed by atoms with Crippen LogP contribution in [0.3, 0.4) is 0 Å². The summed E-state index contributed by atoms with van der Waals surface area (Å²) < 4.78 is 0. The Kier molecular flexibility index (Phi) is 13.2. The van der Waals surface area contributed by atoms with Crippen LogP contribution in [0.1, 0.15) is 33.1 Å². The minimum atomic E-state index is -1.27. The van der Waals surface area contributed by atoms with Gasteiger partial charge < -0.3 is 32.5 Å². The number of carbonyl (C=O) groups excluding carboxylic acids is 4. The molecule has 30 heavy (non-hydrogen) atoms. The third-order valence-corrected chi connectivity index (χ3v) is 4.72. The molecule has 0 aromatic rings. The van der Waals surface area contributed by atoms with Crippen molar-refractivity contribution < 1.29 is 29.1 Å². The van der Waals surface area contributed by atoms with Crippen LogP contribution in [0.2, 0.25) is 0 Å². The monoisotopic (exact) mass is 465 g/mol. The van der Waals surface area contributed by atoms with Gasteiger partial charge in [0.1, 0.15) is 18.1 Å². The van der Waals surface area contributed by atoms with Gasteiger partial charge in [0.05, 0.1) is 6.04 Å². The molecule has 4 unspecified atom stereocenters. The molecule has 11 nitrogen and oxygen atoms in total. The topological polar surface area (TPSA) is 194 Å². The van der Waals surface area contributed by atoms with Crippen LogP contribution >= 0.6 is 25.3 Å². The van der Waals surface area contributed by atoms with Gasteiger partial charge in [-0.3, -0.25) is 19.2 Å². The van der Waals surface area contributed by atoms with Crippen LogP contribution in [0.15, 0.2) is 0 Å². The van der Waals surface area contributed by atoms with E-state index in [0.717, 1.165) is 0 Å². The summed E-state index contributed by atoms with van der Waals surface area (Å²) in [5.41, 5.74) is 10.8. The lowest BCUT2D eigenvalue weighted by atomic mass is 10.0. The number of carboxylic acid groups (broad SMARTS) is 1. The minimum Gasteiger partial charge on any atom is -0.480 e. The van der Waals surface area contributed by atoms with Crippen LogP contribution in [0.5, 0.6) is 0 Å². The van der Waals surface area contributed by atoms with Gasteiger partial charge >= 0.3 is 5.97 Å². The molecule has 0 rings (SSSR count). The number of hydrogen-bond acceptors (Lipinski definition) is 8. The van der Waals surface area contributed by atoms with Gasteiger partial charge in [0.25, 0.3) is 0 Å². The van der Waals surface area contributed by atoms with Crippen molar-refractivity contribution in [2.24, 2.45) is 17.4 Å². The number of carbonyl (C=O) groups is 5. The lowest BCUT2D eigenvalue weighted by Gasteiger charge is -2.25. The number of primary amides is 1. The largest absolute Gasteiger partial charge is 0.480 e. The van der Waals surface area contributed by atoms with Gasteiger partial charge in [0.15, 0.2) is 0 Å². The first-order valence-electron chi connectivity index (χ1n) is 9.32. The van der Waals surface area contributed by atoms with E-state index in [9.17, 15) is 24.0 Å². The molecule has 0 radical (unpaired) electrons. The highest BCUT2D eigenvalue weighted by Crippen LogP contribution is 2.07. The van der Waals surface area contributed by atoms with Crippen LogP contribution in [0.25, 0.3) is 0 Å². The molecule has 0 bridgehead atoms. The maximum absolute atomic E-state index is 12.7. The fourth-order valence-corrected chi connectivity index (χ4v) is 2.84. The van der Waals surface area contributed by atoms with Crippen molar-refractivity contribution in [3.05, 3.63) is 0 Å². The second kappa shape index (κ2) is 14.1. The van der Waals surface area contributed by atoms with Crippen molar-refractivity contribution in [1.29, 1.82) is 0 Å². The van der Waals surface area contributed by atoms with Crippen molar-refractivity contribution in [2.45, 2.75) is 57.3 Å². The summed E-state index contributed by atoms with van der Waals surface area (Å²) in [6.45, 7) is 3.68. The van der Waals surface area contributed by atoms with Gasteiger partial charge in [-0.05, 0) is 18.8 Å². The Balaban J connectivity index is 5.14. The van der Waals surface area contributed by atoms with Crippen LogP contribution < -0.4 is 27.4 Å². The zero-order valence-electron chi connectivity index (χ0n) is 17.0. The number of amides is 4. The molecule has 0 aromatic carbocycles. The van der Waals surface area contributed by atoms with E-state index in [0.29, 0.717) is 0 Å². The average molecular weight is 466 g/mol. The third kappa shape index (κ3) is 10.7. The summed E-state index contributed by atoms with van der Waals surface area (Å²) in [5.74, 6) is -4.10. The predicted octanol–water partition coefficient (Wildman–Crippen LogP) is -1.98. The van der Waals surface area contributed by atoms with E-state index in [2.05, 4.69) is 41.2 Å². The van der Waals surface area contributed by atoms with Gasteiger partial charge in [-0.2, -0.15) is 25.3 Å². The van der Waals surface area contributed by atoms with E-state index < -0.39 is 53.8 Å². The van der Waals surface area contributed by atoms with Crippen molar-refractivity contribution in [3.8, 4) is 0 Å². The molecular formula is C17H31N5O6S2. The Hall–Kier alpha value is -1.99. The van der Waals surface area contributed by atoms with Crippen LogP contribution in [-0.4, -0.2) is 70.4 Å². The summed E-state index contributed by atoms with van der Waals surface area (Å²) in [6, 6.07) is -4.38. The first-order valence-corrected chi connectivity index (χ1v) is 10.6. The number of nitrogens with two attached hydrogens (primary N) is 2. The zero-order valence-corrected chi connectivity index (χ0v) is 18.7. The van der Waals surface area contributed by atoms with Crippen LogP contribution in [0.4, 0.5) is 0 Å². The number of nitrogens with one attached hydrogen (secondary N) is 3. The normalized spacial score (nSPS) is 14.9. The molecule has 0 saturated carbocycles. The maximum Gasteiger partial charge on any atom is 0.327 e. The Morgan fingerprint density at radius 1 is 0.867 bits per heavy atom. The van der Waals surface area contributed by atoms with E-state index in [1.54, 1.807) is 0 Å². The van der Waals surface area contributed by atoms with Gasteiger partial charge in [-0.25, -0.2) is 4.79 Å². The van der Waals surface area contributed by atoms with E-state index in [1.165, 1.54) is 0 Å². The van der Waals surface area contributed by atoms with Crippen molar-refractivity contribution in [2.75, 3.05) is 11.5 Å². The van der Waals surface area contributed by atoms with E-state index in [4.69, 9.17) is 16.6 Å². The lowest BCUT2D eigenvalue weighted by molar-refractivity contribution is -0.141. The van der Waals surface area contributed by atoms with Crippen molar-refractivity contribution in [3.63, 3.8) is 0 Å². The number of thiol groups is 2. The average Bonchev–Trinajstić information content (AvgIpc) is 2.66. The molecule has 172 valence electrons. The van der Waals surface area contributed by atoms with Gasteiger partial charge in [-0.15, -0.1) is 0 Å². The molecule has 8 N–H and O–H groups in total. The van der Waals surface area contributed by atoms with Crippen LogP contribution in [-0.2, 0) is 24.0 Å². The smallest absolute Gasteiger partial charge is 0.327 e. The highest BCUT2D eigenvalue weighted by Gasteiger charge is 2.29. The SMILES string of the molecule is CC(C)CC(NC(=O)C(N)CCC(N)=O)C(=O)NC(CS)C(=O)NC(CS)C(=O)O. The molecule has 4 amide bonds. The maximum atomic E-state index is 12.7. The molecule has 0 aliphatic heterocycles. The first-order chi connectivity index (χ1) is 13.9. The van der Waals surface area contributed by atoms with Crippen molar-refractivity contribution >= 4 is 54.9 Å². The standard InChI is InChI=1S/C17H31N5O6S2/c1-8(2)5-10(20-14(24)9(18)3-4-13(19)23)15(25)21-11(6-29)16(26)22-12(7-30)17(27)28/h8-12,29-30H,3-7,18H2,1-2H3,(H2,19,23)(H,20,24)(H,21,25)(H,22,26)(H,27,28). The molecule has 0 saturated heterocycles. The molecule has 0 spiro atoms. The molecule has 0 heterocycles. The molecule has 0 aromatic heterocycles. The minimum absolute atomic E-state index is 0.0201. The molecule has 0 aliphatic rings. The number of rotatable bonds is 14. The van der Waals surface area contributed by atoms with Crippen LogP contribution in [0, 0.1) is 5.92 Å². The fraction of sp³-hybridized carbons (Fsp3) is 0.706. The van der Waals surface area contributed by atoms with Crippen molar-refractivity contribution in [1.82, 2.24) is 16.0 Å². The van der Waals surface area contributed by atoms with Gasteiger partial charge in [0, 0.05) is 17.9 Å². The summed E-state index contributed by atoms with van der Waals surface area (Å²) in [7, 11) is 0. The third-order valence-electron chi connectivity index (χ3n) is 3.99. The molecular weight excluding hydrogens is 434 g/mol. The summed E-state index contributed by atoms with van der Waals surface area (Å²) in [5, 5.41) is 16.3. The number of aliphatic carboxylic acids is 1. The summed E-state index contributed by atoms with van der Waals surface area (Å²) >= 11 is 7.89. The summed E-state index contributed by atoms with van der Waals surface area (Å²) in [6.07, 6.45) is 0.210. The number of hydrogen-bond donors (Lipinski definition) is 8. The zero-order chi connectivity index (χ0) is 23.4. The van der Waals surface area contributed by atoms with Gasteiger partial charge in [-0.1, -0.05) is 13.8 Å². The van der Waals surface area contributed by atoms with E-state index >= 15 is 0 Å². The Morgan fingerprint density at radius 2 is 1.33 bits per heavy atom. The number of carboxylic acids is 1. The summed E-state index contributed by atoms with van der Waals surface area (Å²) in [4.78, 5) is 59.1. The second-order valence-corrected chi connectivity index (χ2v) is 7.86. The fourth-order valence-electron chi connectivity index (χ4n) is 2.33. The Morgan fingerprint density at radius 3 is 1.77 bits per heavy atom. The quantitative estimate of drug-likeness (QED) is 0.136. The van der Waals surface area contributed by atoms with Gasteiger partial charge in [0.2, 0.25) is 23.6 Å². The predicted molar refractivity (Wildman–Crippen MR) is 117 cm³/mol. The Labute approximate surface area is 186 Å². The highest BCUT2D eigenvalue weighted by atomic mass is 32.1. The lowest BCUT2D eigenvalue weighted by Crippen LogP contribution is -2.58. The molecule has 0 fully saturated rings. The Bertz CT molecular complexity index is 634. The van der Waals surface area contributed by atoms with E-state index in [-0.39, 0.29) is 36.7 Å².